The van der Waals surface area contributed by atoms with Crippen LogP contribution in [0.5, 0.6) is 11.5 Å². The number of amides is 3. The molecule has 3 rings (SSSR count). The molecule has 1 aliphatic heterocycles. The molecule has 0 saturated carbocycles. The van der Waals surface area contributed by atoms with E-state index in [4.69, 9.17) is 13.9 Å². The highest BCUT2D eigenvalue weighted by atomic mass is 16.5. The molecule has 1 aliphatic rings. The molecule has 2 heterocycles. The molecule has 0 aliphatic carbocycles. The van der Waals surface area contributed by atoms with Crippen LogP contribution in [0, 0.1) is 0 Å². The van der Waals surface area contributed by atoms with Gasteiger partial charge in [-0.05, 0) is 24.3 Å². The van der Waals surface area contributed by atoms with Gasteiger partial charge in [0.25, 0.3) is 5.91 Å². The molecule has 2 aromatic rings. The Balaban J connectivity index is 1.83. The fraction of sp³-hybridized carbons (Fsp3) is 0.211. The number of nitrogens with zero attached hydrogens (tertiary/aromatic N) is 1. The van der Waals surface area contributed by atoms with Crippen LogP contribution in [0.2, 0.25) is 0 Å². The molecule has 0 unspecified atom stereocenters. The molecule has 1 N–H and O–H groups in total. The Morgan fingerprint density at radius 1 is 1.14 bits per heavy atom. The second-order valence-corrected chi connectivity index (χ2v) is 5.72. The number of ether oxygens (including phenoxy) is 3. The summed E-state index contributed by atoms with van der Waals surface area (Å²) in [5, 5.41) is 2.52. The summed E-state index contributed by atoms with van der Waals surface area (Å²) in [6, 6.07) is 7.50. The number of hydrogen-bond acceptors (Lipinski definition) is 7. The number of hydrogen-bond donors (Lipinski definition) is 1. The lowest BCUT2D eigenvalue weighted by atomic mass is 10.1. The third kappa shape index (κ3) is 3.54. The third-order valence-corrected chi connectivity index (χ3v) is 4.06. The van der Waals surface area contributed by atoms with Crippen molar-refractivity contribution in [3.05, 3.63) is 53.1 Å². The third-order valence-electron chi connectivity index (χ3n) is 4.06. The van der Waals surface area contributed by atoms with Crippen molar-refractivity contribution in [2.45, 2.75) is 6.54 Å². The maximum Gasteiger partial charge on any atom is 0.373 e. The molecular formula is C19H18N2O7. The molecule has 1 saturated heterocycles. The quantitative estimate of drug-likeness (QED) is 0.461. The molecule has 0 bridgehead atoms. The number of carbonyl (C=O) groups is 3. The van der Waals surface area contributed by atoms with E-state index in [-0.39, 0.29) is 23.8 Å². The number of carbonyl (C=O) groups excluding carboxylic acids is 3. The fourth-order valence-corrected chi connectivity index (χ4v) is 2.73. The van der Waals surface area contributed by atoms with Gasteiger partial charge in [0.15, 0.2) is 11.5 Å². The molecule has 0 spiro atoms. The van der Waals surface area contributed by atoms with Gasteiger partial charge in [0.2, 0.25) is 5.76 Å². The van der Waals surface area contributed by atoms with E-state index < -0.39 is 17.9 Å². The number of furan rings is 1. The normalized spacial score (nSPS) is 15.0. The van der Waals surface area contributed by atoms with Crippen LogP contribution in [-0.2, 0) is 16.1 Å². The maximum atomic E-state index is 12.6. The van der Waals surface area contributed by atoms with Gasteiger partial charge in [-0.1, -0.05) is 12.1 Å². The maximum absolute atomic E-state index is 12.6. The average molecular weight is 386 g/mol. The Morgan fingerprint density at radius 3 is 2.61 bits per heavy atom. The first-order valence-corrected chi connectivity index (χ1v) is 8.21. The van der Waals surface area contributed by atoms with Crippen LogP contribution in [0.4, 0.5) is 4.79 Å². The summed E-state index contributed by atoms with van der Waals surface area (Å²) < 4.78 is 20.4. The van der Waals surface area contributed by atoms with Crippen LogP contribution in [-0.4, -0.2) is 44.1 Å². The Hall–Kier alpha value is -3.75. The van der Waals surface area contributed by atoms with Gasteiger partial charge in [0.1, 0.15) is 11.5 Å². The van der Waals surface area contributed by atoms with Crippen molar-refractivity contribution in [2.75, 3.05) is 21.3 Å². The van der Waals surface area contributed by atoms with E-state index in [1.54, 1.807) is 18.2 Å². The highest BCUT2D eigenvalue weighted by Gasteiger charge is 2.34. The van der Waals surface area contributed by atoms with Gasteiger partial charge in [0, 0.05) is 5.56 Å². The molecule has 1 aromatic heterocycles. The monoisotopic (exact) mass is 386 g/mol. The Labute approximate surface area is 160 Å². The molecule has 0 radical (unpaired) electrons. The molecule has 28 heavy (non-hydrogen) atoms. The number of nitrogens with one attached hydrogen (secondary N) is 1. The molecule has 9 heteroatoms. The topological polar surface area (TPSA) is 107 Å². The van der Waals surface area contributed by atoms with E-state index in [9.17, 15) is 14.4 Å². The Morgan fingerprint density at radius 2 is 1.93 bits per heavy atom. The van der Waals surface area contributed by atoms with Crippen LogP contribution in [0.3, 0.4) is 0 Å². The van der Waals surface area contributed by atoms with Crippen molar-refractivity contribution in [2.24, 2.45) is 0 Å². The Bertz CT molecular complexity index is 961. The zero-order chi connectivity index (χ0) is 20.3. The van der Waals surface area contributed by atoms with E-state index in [1.807, 2.05) is 0 Å². The lowest BCUT2D eigenvalue weighted by molar-refractivity contribution is -0.123. The van der Waals surface area contributed by atoms with Crippen LogP contribution in [0.15, 0.2) is 40.4 Å². The average Bonchev–Trinajstić information content (AvgIpc) is 3.27. The van der Waals surface area contributed by atoms with Crippen LogP contribution in [0.25, 0.3) is 6.08 Å². The predicted octanol–water partition coefficient (Wildman–Crippen LogP) is 2.18. The first-order valence-electron chi connectivity index (χ1n) is 8.21. The first kappa shape index (κ1) is 19.0. The fourth-order valence-electron chi connectivity index (χ4n) is 2.73. The second-order valence-electron chi connectivity index (χ2n) is 5.72. The van der Waals surface area contributed by atoms with Crippen molar-refractivity contribution in [1.29, 1.82) is 0 Å². The Kier molecular flexibility index (Phi) is 5.35. The molecule has 0 atom stereocenters. The van der Waals surface area contributed by atoms with E-state index in [2.05, 4.69) is 10.1 Å². The highest BCUT2D eigenvalue weighted by molar-refractivity contribution is 6.14. The summed E-state index contributed by atoms with van der Waals surface area (Å²) in [7, 11) is 4.22. The molecule has 1 aromatic carbocycles. The van der Waals surface area contributed by atoms with Crippen LogP contribution < -0.4 is 14.8 Å². The zero-order valence-corrected chi connectivity index (χ0v) is 15.5. The van der Waals surface area contributed by atoms with Gasteiger partial charge in [-0.15, -0.1) is 0 Å². The van der Waals surface area contributed by atoms with E-state index >= 15 is 0 Å². The first-order chi connectivity index (χ1) is 13.5. The smallest absolute Gasteiger partial charge is 0.373 e. The zero-order valence-electron chi connectivity index (χ0n) is 15.5. The van der Waals surface area contributed by atoms with Gasteiger partial charge in [-0.3, -0.25) is 9.69 Å². The minimum Gasteiger partial charge on any atom is -0.493 e. The SMILES string of the molecule is COC(=O)c1ccc(CN2C(=O)N/C(=C\c3cccc(OC)c3OC)C2=O)o1. The van der Waals surface area contributed by atoms with Crippen molar-refractivity contribution >= 4 is 24.0 Å². The van der Waals surface area contributed by atoms with Gasteiger partial charge in [-0.25, -0.2) is 9.59 Å². The number of methoxy groups -OCH3 is 3. The summed E-state index contributed by atoms with van der Waals surface area (Å²) in [5.41, 5.74) is 0.648. The summed E-state index contributed by atoms with van der Waals surface area (Å²) in [5.74, 6) is 0.00810. The van der Waals surface area contributed by atoms with Crippen molar-refractivity contribution in [3.8, 4) is 11.5 Å². The lowest BCUT2D eigenvalue weighted by Gasteiger charge is -2.10. The number of esters is 1. The van der Waals surface area contributed by atoms with Crippen molar-refractivity contribution in [3.63, 3.8) is 0 Å². The van der Waals surface area contributed by atoms with E-state index in [0.717, 1.165) is 4.90 Å². The van der Waals surface area contributed by atoms with Gasteiger partial charge in [0.05, 0.1) is 27.9 Å². The van der Waals surface area contributed by atoms with Crippen molar-refractivity contribution < 1.29 is 33.0 Å². The summed E-state index contributed by atoms with van der Waals surface area (Å²) in [6.07, 6.45) is 1.50. The number of rotatable bonds is 6. The van der Waals surface area contributed by atoms with Gasteiger partial charge >= 0.3 is 12.0 Å². The van der Waals surface area contributed by atoms with E-state index in [1.165, 1.54) is 39.5 Å². The summed E-state index contributed by atoms with van der Waals surface area (Å²) in [4.78, 5) is 37.3. The minimum absolute atomic E-state index is 0.0126. The molecule has 1 fully saturated rings. The van der Waals surface area contributed by atoms with Crippen molar-refractivity contribution in [1.82, 2.24) is 10.2 Å². The second kappa shape index (κ2) is 7.87. The molecular weight excluding hydrogens is 368 g/mol. The molecule has 146 valence electrons. The number of urea groups is 1. The number of para-hydroxylation sites is 1. The highest BCUT2D eigenvalue weighted by Crippen LogP contribution is 2.32. The summed E-state index contributed by atoms with van der Waals surface area (Å²) in [6.45, 7) is -0.131. The van der Waals surface area contributed by atoms with Gasteiger partial charge < -0.3 is 23.9 Å². The molecule has 3 amide bonds. The standard InChI is InChI=1S/C19H18N2O7/c1-25-14-6-4-5-11(16(14)26-2)9-13-17(22)21(19(24)20-13)10-12-7-8-15(28-12)18(23)27-3/h4-9H,10H2,1-3H3,(H,20,24)/b13-9-. The van der Waals surface area contributed by atoms with Crippen LogP contribution in [0.1, 0.15) is 21.9 Å². The van der Waals surface area contributed by atoms with Gasteiger partial charge in [-0.2, -0.15) is 0 Å². The number of benzene rings is 1. The largest absolute Gasteiger partial charge is 0.493 e. The van der Waals surface area contributed by atoms with E-state index in [0.29, 0.717) is 17.1 Å². The number of imide groups is 1. The van der Waals surface area contributed by atoms with Crippen LogP contribution >= 0.6 is 0 Å². The lowest BCUT2D eigenvalue weighted by Crippen LogP contribution is -2.30. The predicted molar refractivity (Wildman–Crippen MR) is 96.7 cm³/mol. The minimum atomic E-state index is -0.644. The summed E-state index contributed by atoms with van der Waals surface area (Å²) >= 11 is 0. The molecule has 9 nitrogen and oxygen atoms in total.